The number of hydrogen-bond donors (Lipinski definition) is 0. The van der Waals surface area contributed by atoms with Crippen molar-refractivity contribution in [1.82, 2.24) is 4.90 Å². The van der Waals surface area contributed by atoms with Crippen LogP contribution in [0.25, 0.3) is 0 Å². The van der Waals surface area contributed by atoms with Crippen LogP contribution in [0.4, 0.5) is 10.5 Å². The van der Waals surface area contributed by atoms with E-state index in [1.807, 2.05) is 26.8 Å². The molecule has 2 aliphatic rings. The standard InChI is InChI=1S/C23H37BN2O5/c1-16-14-18(25-10-12-26(13-11-25)20(27)29-21(2,3)4)19(28-9)15-17(16)24-30-22(5,6)23(7,8)31-24/h14-15H,10-13H2,1-9H3. The van der Waals surface area contributed by atoms with Gasteiger partial charge in [0.2, 0.25) is 0 Å². The van der Waals surface area contributed by atoms with Crippen molar-refractivity contribution in [2.24, 2.45) is 0 Å². The van der Waals surface area contributed by atoms with Crippen LogP contribution in [0.5, 0.6) is 5.75 Å². The van der Waals surface area contributed by atoms with E-state index < -0.39 is 23.9 Å². The van der Waals surface area contributed by atoms with Crippen molar-refractivity contribution >= 4 is 24.4 Å². The van der Waals surface area contributed by atoms with Crippen molar-refractivity contribution in [3.8, 4) is 5.75 Å². The van der Waals surface area contributed by atoms with E-state index in [1.54, 1.807) is 12.0 Å². The van der Waals surface area contributed by atoms with Gasteiger partial charge in [-0.05, 0) is 78.5 Å². The molecule has 0 bridgehead atoms. The molecule has 0 aliphatic carbocycles. The van der Waals surface area contributed by atoms with Gasteiger partial charge in [0.05, 0.1) is 24.0 Å². The van der Waals surface area contributed by atoms with E-state index in [9.17, 15) is 4.79 Å². The van der Waals surface area contributed by atoms with Crippen LogP contribution in [-0.2, 0) is 14.0 Å². The Hall–Kier alpha value is -1.93. The Bertz CT molecular complexity index is 810. The number of carbonyl (C=O) groups excluding carboxylic acids is 1. The third-order valence-electron chi connectivity index (χ3n) is 6.35. The molecule has 0 atom stereocenters. The van der Waals surface area contributed by atoms with Crippen LogP contribution in [0.1, 0.15) is 54.0 Å². The van der Waals surface area contributed by atoms with Crippen LogP contribution in [0.3, 0.4) is 0 Å². The van der Waals surface area contributed by atoms with Crippen molar-refractivity contribution in [3.05, 3.63) is 17.7 Å². The zero-order chi connectivity index (χ0) is 23.2. The summed E-state index contributed by atoms with van der Waals surface area (Å²) in [5.41, 5.74) is 1.81. The molecular formula is C23H37BN2O5. The van der Waals surface area contributed by atoms with Crippen molar-refractivity contribution in [3.63, 3.8) is 0 Å². The Labute approximate surface area is 187 Å². The molecule has 0 radical (unpaired) electrons. The summed E-state index contributed by atoms with van der Waals surface area (Å²) in [6.45, 7) is 18.6. The molecule has 0 aromatic heterocycles. The zero-order valence-electron chi connectivity index (χ0n) is 20.5. The first-order valence-corrected chi connectivity index (χ1v) is 11.0. The Morgan fingerprint density at radius 1 is 1.03 bits per heavy atom. The monoisotopic (exact) mass is 432 g/mol. The summed E-state index contributed by atoms with van der Waals surface area (Å²) < 4.78 is 23.7. The molecule has 0 saturated carbocycles. The topological polar surface area (TPSA) is 60.5 Å². The van der Waals surface area contributed by atoms with Crippen molar-refractivity contribution < 1.29 is 23.6 Å². The van der Waals surface area contributed by atoms with E-state index in [4.69, 9.17) is 18.8 Å². The predicted molar refractivity (Wildman–Crippen MR) is 123 cm³/mol. The first-order valence-electron chi connectivity index (χ1n) is 11.0. The number of nitrogens with zero attached hydrogens (tertiary/aromatic N) is 2. The average molecular weight is 432 g/mol. The summed E-state index contributed by atoms with van der Waals surface area (Å²) in [5.74, 6) is 0.779. The maximum Gasteiger partial charge on any atom is 0.495 e. The third-order valence-corrected chi connectivity index (χ3v) is 6.35. The lowest BCUT2D eigenvalue weighted by molar-refractivity contribution is 0.00578. The summed E-state index contributed by atoms with van der Waals surface area (Å²) in [7, 11) is 1.25. The molecule has 8 heteroatoms. The molecule has 31 heavy (non-hydrogen) atoms. The van der Waals surface area contributed by atoms with Gasteiger partial charge in [-0.25, -0.2) is 4.79 Å². The largest absolute Gasteiger partial charge is 0.495 e. The SMILES string of the molecule is COc1cc(B2OC(C)(C)C(C)(C)O2)c(C)cc1N1CCN(C(=O)OC(C)(C)C)CC1. The molecular weight excluding hydrogens is 395 g/mol. The predicted octanol–water partition coefficient (Wildman–Crippen LogP) is 3.36. The second-order valence-corrected chi connectivity index (χ2v) is 10.4. The fourth-order valence-corrected chi connectivity index (χ4v) is 3.78. The fourth-order valence-electron chi connectivity index (χ4n) is 3.78. The lowest BCUT2D eigenvalue weighted by Gasteiger charge is -2.37. The van der Waals surface area contributed by atoms with Gasteiger partial charge in [0.25, 0.3) is 0 Å². The molecule has 0 N–H and O–H groups in total. The Morgan fingerprint density at radius 3 is 2.06 bits per heavy atom. The van der Waals surface area contributed by atoms with E-state index in [0.29, 0.717) is 26.2 Å². The molecule has 2 aliphatic heterocycles. The Kier molecular flexibility index (Phi) is 6.28. The number of carbonyl (C=O) groups is 1. The van der Waals surface area contributed by atoms with Gasteiger partial charge in [-0.2, -0.15) is 0 Å². The van der Waals surface area contributed by atoms with Gasteiger partial charge in [0.15, 0.2) is 0 Å². The number of hydrogen-bond acceptors (Lipinski definition) is 6. The minimum atomic E-state index is -0.488. The number of methoxy groups -OCH3 is 1. The summed E-state index contributed by atoms with van der Waals surface area (Å²) in [6.07, 6.45) is -0.258. The molecule has 3 rings (SSSR count). The number of ether oxygens (including phenoxy) is 2. The normalized spacial score (nSPS) is 20.7. The van der Waals surface area contributed by atoms with E-state index >= 15 is 0 Å². The summed E-state index contributed by atoms with van der Waals surface area (Å²) >= 11 is 0. The molecule has 172 valence electrons. The molecule has 0 spiro atoms. The summed E-state index contributed by atoms with van der Waals surface area (Å²) in [4.78, 5) is 16.4. The van der Waals surface area contributed by atoms with Crippen molar-refractivity contribution in [2.75, 3.05) is 38.2 Å². The highest BCUT2D eigenvalue weighted by Gasteiger charge is 2.52. The number of amides is 1. The second kappa shape index (κ2) is 8.21. The first-order chi connectivity index (χ1) is 14.2. The molecule has 2 saturated heterocycles. The highest BCUT2D eigenvalue weighted by molar-refractivity contribution is 6.62. The van der Waals surface area contributed by atoms with Gasteiger partial charge in [0, 0.05) is 26.2 Å². The first kappa shape index (κ1) is 23.7. The second-order valence-electron chi connectivity index (χ2n) is 10.4. The highest BCUT2D eigenvalue weighted by atomic mass is 16.7. The van der Waals surface area contributed by atoms with Crippen LogP contribution in [0, 0.1) is 6.92 Å². The van der Waals surface area contributed by atoms with Crippen LogP contribution in [-0.4, -0.2) is 68.2 Å². The molecule has 0 unspecified atom stereocenters. The van der Waals surface area contributed by atoms with Gasteiger partial charge in [-0.1, -0.05) is 0 Å². The van der Waals surface area contributed by atoms with E-state index in [0.717, 1.165) is 22.5 Å². The average Bonchev–Trinajstić information content (AvgIpc) is 2.87. The van der Waals surface area contributed by atoms with Gasteiger partial charge in [-0.3, -0.25) is 0 Å². The van der Waals surface area contributed by atoms with Gasteiger partial charge in [-0.15, -0.1) is 0 Å². The van der Waals surface area contributed by atoms with Gasteiger partial charge in [0.1, 0.15) is 11.4 Å². The van der Waals surface area contributed by atoms with Crippen LogP contribution < -0.4 is 15.1 Å². The maximum atomic E-state index is 12.4. The Balaban J connectivity index is 1.75. The number of rotatable bonds is 3. The number of anilines is 1. The van der Waals surface area contributed by atoms with Gasteiger partial charge >= 0.3 is 13.2 Å². The van der Waals surface area contributed by atoms with E-state index in [1.165, 1.54) is 0 Å². The van der Waals surface area contributed by atoms with Crippen LogP contribution >= 0.6 is 0 Å². The molecule has 1 amide bonds. The van der Waals surface area contributed by atoms with Crippen molar-refractivity contribution in [1.29, 1.82) is 0 Å². The number of aryl methyl sites for hydroxylation is 1. The lowest BCUT2D eigenvalue weighted by atomic mass is 9.76. The molecule has 7 nitrogen and oxygen atoms in total. The minimum Gasteiger partial charge on any atom is -0.495 e. The zero-order valence-corrected chi connectivity index (χ0v) is 20.5. The quantitative estimate of drug-likeness (QED) is 0.683. The summed E-state index contributed by atoms with van der Waals surface area (Å²) in [5, 5.41) is 0. The maximum absolute atomic E-state index is 12.4. The molecule has 2 heterocycles. The number of benzene rings is 1. The lowest BCUT2D eigenvalue weighted by Crippen LogP contribution is -2.50. The molecule has 2 fully saturated rings. The third kappa shape index (κ3) is 4.95. The number of piperazine rings is 1. The smallest absolute Gasteiger partial charge is 0.495 e. The van der Waals surface area contributed by atoms with Gasteiger partial charge < -0.3 is 28.6 Å². The van der Waals surface area contributed by atoms with Crippen LogP contribution in [0.2, 0.25) is 0 Å². The fraction of sp³-hybridized carbons (Fsp3) is 0.696. The van der Waals surface area contributed by atoms with E-state index in [-0.39, 0.29) is 6.09 Å². The minimum absolute atomic E-state index is 0.258. The molecule has 1 aromatic carbocycles. The van der Waals surface area contributed by atoms with E-state index in [2.05, 4.69) is 45.6 Å². The summed E-state index contributed by atoms with van der Waals surface area (Å²) in [6, 6.07) is 4.15. The highest BCUT2D eigenvalue weighted by Crippen LogP contribution is 2.38. The van der Waals surface area contributed by atoms with Crippen molar-refractivity contribution in [2.45, 2.75) is 72.2 Å². The Morgan fingerprint density at radius 2 is 1.58 bits per heavy atom. The molecule has 1 aromatic rings. The van der Waals surface area contributed by atoms with Crippen LogP contribution in [0.15, 0.2) is 12.1 Å².